The molecule has 0 heterocycles. The third-order valence-electron chi connectivity index (χ3n) is 1.67. The van der Waals surface area contributed by atoms with Crippen molar-refractivity contribution in [3.05, 3.63) is 0 Å². The quantitative estimate of drug-likeness (QED) is 0.655. The van der Waals surface area contributed by atoms with E-state index in [1.165, 1.54) is 7.11 Å². The number of methoxy groups -OCH3 is 1. The molecule has 3 nitrogen and oxygen atoms in total. The van der Waals surface area contributed by atoms with Crippen molar-refractivity contribution >= 4 is 17.7 Å². The molecule has 1 N–H and O–H groups in total. The second kappa shape index (κ2) is 6.31. The lowest BCUT2D eigenvalue weighted by Crippen LogP contribution is -2.38. The van der Waals surface area contributed by atoms with Crippen LogP contribution < -0.4 is 5.32 Å². The number of hydrogen-bond acceptors (Lipinski definition) is 4. The lowest BCUT2D eigenvalue weighted by atomic mass is 10.3. The van der Waals surface area contributed by atoms with Crippen molar-refractivity contribution in [2.45, 2.75) is 25.1 Å². The summed E-state index contributed by atoms with van der Waals surface area (Å²) in [7, 11) is 1.40. The standard InChI is InChI=1S/C8H17NO2S/c1-6(12-4)5-9-7(2)8(10)11-3/h6-7,9H,5H2,1-4H3. The first-order valence-electron chi connectivity index (χ1n) is 3.95. The van der Waals surface area contributed by atoms with E-state index in [9.17, 15) is 4.79 Å². The summed E-state index contributed by atoms with van der Waals surface area (Å²) in [5, 5.41) is 3.61. The number of rotatable bonds is 5. The van der Waals surface area contributed by atoms with E-state index in [0.717, 1.165) is 6.54 Å². The second-order valence-electron chi connectivity index (χ2n) is 2.70. The molecule has 0 aliphatic heterocycles. The summed E-state index contributed by atoms with van der Waals surface area (Å²) in [5.41, 5.74) is 0. The van der Waals surface area contributed by atoms with Crippen LogP contribution >= 0.6 is 11.8 Å². The molecule has 0 amide bonds. The monoisotopic (exact) mass is 191 g/mol. The molecular weight excluding hydrogens is 174 g/mol. The minimum absolute atomic E-state index is 0.204. The number of nitrogens with one attached hydrogen (secondary N) is 1. The van der Waals surface area contributed by atoms with Gasteiger partial charge in [0.05, 0.1) is 7.11 Å². The van der Waals surface area contributed by atoms with Crippen LogP contribution in [0.15, 0.2) is 0 Å². The molecule has 0 aliphatic rings. The predicted octanol–water partition coefficient (Wildman–Crippen LogP) is 0.889. The van der Waals surface area contributed by atoms with Crippen molar-refractivity contribution in [3.8, 4) is 0 Å². The van der Waals surface area contributed by atoms with Crippen LogP contribution in [0, 0.1) is 0 Å². The molecule has 0 saturated carbocycles. The van der Waals surface area contributed by atoms with Crippen LogP contribution in [0.3, 0.4) is 0 Å². The van der Waals surface area contributed by atoms with Gasteiger partial charge in [-0.3, -0.25) is 4.79 Å². The molecule has 0 fully saturated rings. The summed E-state index contributed by atoms with van der Waals surface area (Å²) >= 11 is 1.77. The van der Waals surface area contributed by atoms with Gasteiger partial charge in [0, 0.05) is 11.8 Å². The normalized spacial score (nSPS) is 15.3. The Balaban J connectivity index is 3.56. The molecule has 12 heavy (non-hydrogen) atoms. The Morgan fingerprint density at radius 1 is 1.58 bits per heavy atom. The molecule has 0 spiro atoms. The van der Waals surface area contributed by atoms with Gasteiger partial charge in [-0.15, -0.1) is 0 Å². The van der Waals surface area contributed by atoms with Crippen molar-refractivity contribution in [1.82, 2.24) is 5.32 Å². The van der Waals surface area contributed by atoms with Gasteiger partial charge in [0.1, 0.15) is 6.04 Å². The minimum atomic E-state index is -0.205. The zero-order valence-electron chi connectivity index (χ0n) is 8.09. The molecule has 2 atom stereocenters. The molecule has 0 aromatic carbocycles. The van der Waals surface area contributed by atoms with Crippen molar-refractivity contribution in [3.63, 3.8) is 0 Å². The summed E-state index contributed by atoms with van der Waals surface area (Å²) in [6.45, 7) is 4.75. The van der Waals surface area contributed by atoms with E-state index < -0.39 is 0 Å². The van der Waals surface area contributed by atoms with Gasteiger partial charge in [0.2, 0.25) is 0 Å². The zero-order chi connectivity index (χ0) is 9.56. The Morgan fingerprint density at radius 2 is 2.17 bits per heavy atom. The fraction of sp³-hybridized carbons (Fsp3) is 0.875. The molecule has 0 bridgehead atoms. The fourth-order valence-electron chi connectivity index (χ4n) is 0.686. The largest absolute Gasteiger partial charge is 0.468 e. The number of hydrogen-bond donors (Lipinski definition) is 1. The molecular formula is C8H17NO2S. The van der Waals surface area contributed by atoms with Gasteiger partial charge in [0.15, 0.2) is 0 Å². The van der Waals surface area contributed by atoms with Crippen molar-refractivity contribution < 1.29 is 9.53 Å². The van der Waals surface area contributed by atoms with Gasteiger partial charge < -0.3 is 10.1 Å². The molecule has 0 aromatic rings. The molecule has 0 aromatic heterocycles. The van der Waals surface area contributed by atoms with Crippen LogP contribution in [0.2, 0.25) is 0 Å². The maximum absolute atomic E-state index is 10.9. The van der Waals surface area contributed by atoms with E-state index in [2.05, 4.69) is 23.2 Å². The van der Waals surface area contributed by atoms with Gasteiger partial charge in [-0.2, -0.15) is 11.8 Å². The SMILES string of the molecule is COC(=O)C(C)NCC(C)SC. The third-order valence-corrected chi connectivity index (χ3v) is 2.64. The number of thioether (sulfide) groups is 1. The highest BCUT2D eigenvalue weighted by Crippen LogP contribution is 2.02. The maximum atomic E-state index is 10.9. The number of ether oxygens (including phenoxy) is 1. The minimum Gasteiger partial charge on any atom is -0.468 e. The van der Waals surface area contributed by atoms with Crippen molar-refractivity contribution in [1.29, 1.82) is 0 Å². The van der Waals surface area contributed by atoms with Crippen molar-refractivity contribution in [2.24, 2.45) is 0 Å². The van der Waals surface area contributed by atoms with Gasteiger partial charge in [-0.25, -0.2) is 0 Å². The van der Waals surface area contributed by atoms with Crippen LogP contribution in [0.1, 0.15) is 13.8 Å². The predicted molar refractivity (Wildman–Crippen MR) is 52.5 cm³/mol. The molecule has 0 saturated heterocycles. The second-order valence-corrected chi connectivity index (χ2v) is 3.98. The number of carbonyl (C=O) groups is 1. The smallest absolute Gasteiger partial charge is 0.322 e. The number of esters is 1. The third kappa shape index (κ3) is 4.62. The first kappa shape index (κ1) is 11.8. The molecule has 2 unspecified atom stereocenters. The van der Waals surface area contributed by atoms with E-state index >= 15 is 0 Å². The van der Waals surface area contributed by atoms with E-state index in [1.807, 2.05) is 0 Å². The van der Waals surface area contributed by atoms with Crippen LogP contribution in [0.25, 0.3) is 0 Å². The average molecular weight is 191 g/mol. The van der Waals surface area contributed by atoms with E-state index in [4.69, 9.17) is 0 Å². The lowest BCUT2D eigenvalue weighted by Gasteiger charge is -2.14. The molecule has 4 heteroatoms. The Bertz CT molecular complexity index is 141. The zero-order valence-corrected chi connectivity index (χ0v) is 8.90. The first-order chi connectivity index (χ1) is 5.61. The Morgan fingerprint density at radius 3 is 2.58 bits per heavy atom. The molecule has 0 radical (unpaired) electrons. The first-order valence-corrected chi connectivity index (χ1v) is 5.24. The Labute approximate surface area is 78.2 Å². The lowest BCUT2D eigenvalue weighted by molar-refractivity contribution is -0.142. The van der Waals surface area contributed by atoms with Crippen LogP contribution in [0.4, 0.5) is 0 Å². The van der Waals surface area contributed by atoms with Gasteiger partial charge >= 0.3 is 5.97 Å². The number of carbonyl (C=O) groups excluding carboxylic acids is 1. The highest BCUT2D eigenvalue weighted by atomic mass is 32.2. The van der Waals surface area contributed by atoms with Crippen LogP contribution in [-0.4, -0.2) is 37.2 Å². The molecule has 0 aliphatic carbocycles. The highest BCUT2D eigenvalue weighted by Gasteiger charge is 2.12. The topological polar surface area (TPSA) is 38.3 Å². The summed E-state index contributed by atoms with van der Waals surface area (Å²) in [6, 6.07) is -0.204. The Kier molecular flexibility index (Phi) is 6.20. The van der Waals surface area contributed by atoms with Crippen molar-refractivity contribution in [2.75, 3.05) is 19.9 Å². The highest BCUT2D eigenvalue weighted by molar-refractivity contribution is 7.99. The Hall–Kier alpha value is -0.220. The average Bonchev–Trinajstić information content (AvgIpc) is 2.11. The summed E-state index contributed by atoms with van der Waals surface area (Å²) in [6.07, 6.45) is 2.05. The van der Waals surface area contributed by atoms with Gasteiger partial charge in [-0.1, -0.05) is 6.92 Å². The van der Waals surface area contributed by atoms with Gasteiger partial charge in [-0.05, 0) is 13.2 Å². The maximum Gasteiger partial charge on any atom is 0.322 e. The fourth-order valence-corrected chi connectivity index (χ4v) is 0.949. The molecule has 72 valence electrons. The van der Waals surface area contributed by atoms with E-state index in [-0.39, 0.29) is 12.0 Å². The van der Waals surface area contributed by atoms with Gasteiger partial charge in [0.25, 0.3) is 0 Å². The summed E-state index contributed by atoms with van der Waals surface area (Å²) < 4.78 is 4.57. The van der Waals surface area contributed by atoms with Crippen LogP contribution in [0.5, 0.6) is 0 Å². The van der Waals surface area contributed by atoms with Crippen LogP contribution in [-0.2, 0) is 9.53 Å². The van der Waals surface area contributed by atoms with E-state index in [0.29, 0.717) is 5.25 Å². The summed E-state index contributed by atoms with van der Waals surface area (Å²) in [4.78, 5) is 10.9. The summed E-state index contributed by atoms with van der Waals surface area (Å²) in [5.74, 6) is -0.205. The molecule has 0 rings (SSSR count). The van der Waals surface area contributed by atoms with E-state index in [1.54, 1.807) is 18.7 Å².